The van der Waals surface area contributed by atoms with E-state index in [-0.39, 0.29) is 12.3 Å². The summed E-state index contributed by atoms with van der Waals surface area (Å²) in [7, 11) is 1.73. The van der Waals surface area contributed by atoms with E-state index in [9.17, 15) is 9.90 Å². The molecular weight excluding hydrogens is 471 g/mol. The largest absolute Gasteiger partial charge is 0.395 e. The summed E-state index contributed by atoms with van der Waals surface area (Å²) in [5.41, 5.74) is 6.40. The van der Waals surface area contributed by atoms with E-state index < -0.39 is 0 Å². The minimum Gasteiger partial charge on any atom is -0.395 e. The van der Waals surface area contributed by atoms with Crippen LogP contribution in [0.1, 0.15) is 16.7 Å². The molecule has 2 heterocycles. The predicted octanol–water partition coefficient (Wildman–Crippen LogP) is 4.91. The van der Waals surface area contributed by atoms with Crippen LogP contribution in [-0.4, -0.2) is 33.5 Å². The fourth-order valence-corrected chi connectivity index (χ4v) is 4.61. The number of aliphatic hydroxyl groups excluding tert-OH is 1. The number of aromatic nitrogens is 2. The van der Waals surface area contributed by atoms with E-state index in [1.54, 1.807) is 11.6 Å². The van der Waals surface area contributed by atoms with Gasteiger partial charge in [-0.25, -0.2) is 4.79 Å². The van der Waals surface area contributed by atoms with Gasteiger partial charge >= 0.3 is 5.69 Å². The van der Waals surface area contributed by atoms with E-state index in [2.05, 4.69) is 4.98 Å². The summed E-state index contributed by atoms with van der Waals surface area (Å²) in [6.07, 6.45) is 2.46. The molecule has 0 atom stereocenters. The molecule has 0 amide bonds. The molecule has 0 fully saturated rings. The first-order chi connectivity index (χ1) is 16.4. The van der Waals surface area contributed by atoms with Crippen LogP contribution in [0.15, 0.2) is 82.3 Å². The number of imidazole rings is 1. The molecule has 1 aliphatic rings. The summed E-state index contributed by atoms with van der Waals surface area (Å²) in [4.78, 5) is 22.1. The third kappa shape index (κ3) is 4.16. The van der Waals surface area contributed by atoms with Crippen LogP contribution in [0.2, 0.25) is 10.0 Å². The Morgan fingerprint density at radius 1 is 1.06 bits per heavy atom. The topological polar surface area (TPSA) is 73.6 Å². The number of aliphatic hydroxyl groups is 1. The average Bonchev–Trinajstić information content (AvgIpc) is 3.02. The number of hydrogen-bond acceptors (Lipinski definition) is 4. The third-order valence-electron chi connectivity index (χ3n) is 5.93. The second kappa shape index (κ2) is 9.14. The zero-order valence-corrected chi connectivity index (χ0v) is 19.9. The smallest absolute Gasteiger partial charge is 0.326 e. The Bertz CT molecular complexity index is 1520. The number of aromatic amines is 1. The number of rotatable bonds is 5. The number of anilines is 1. The number of allylic oxidation sites excluding steroid dienone is 1. The van der Waals surface area contributed by atoms with Gasteiger partial charge in [-0.2, -0.15) is 0 Å². The summed E-state index contributed by atoms with van der Waals surface area (Å²) in [6.45, 7) is 0.374. The van der Waals surface area contributed by atoms with Crippen LogP contribution in [0.4, 0.5) is 5.69 Å². The Balaban J connectivity index is 1.72. The lowest BCUT2D eigenvalue weighted by atomic mass is 9.99. The second-order valence-corrected chi connectivity index (χ2v) is 8.99. The van der Waals surface area contributed by atoms with Gasteiger partial charge in [0.05, 0.1) is 34.7 Å². The van der Waals surface area contributed by atoms with Gasteiger partial charge in [-0.15, -0.1) is 0 Å². The molecule has 172 valence electrons. The highest BCUT2D eigenvalue weighted by atomic mass is 35.5. The number of hydrogen-bond donors (Lipinski definition) is 2. The van der Waals surface area contributed by atoms with E-state index in [1.165, 1.54) is 0 Å². The average molecular weight is 493 g/mol. The van der Waals surface area contributed by atoms with E-state index >= 15 is 0 Å². The fourth-order valence-electron chi connectivity index (χ4n) is 4.24. The highest BCUT2D eigenvalue weighted by molar-refractivity contribution is 6.32. The third-order valence-corrected chi connectivity index (χ3v) is 6.54. The molecule has 6 nitrogen and oxygen atoms in total. The Morgan fingerprint density at radius 2 is 1.88 bits per heavy atom. The molecule has 4 aromatic rings. The molecule has 8 heteroatoms. The molecule has 5 rings (SSSR count). The first-order valence-corrected chi connectivity index (χ1v) is 11.6. The minimum atomic E-state index is -0.174. The van der Waals surface area contributed by atoms with Gasteiger partial charge in [0, 0.05) is 47.4 Å². The van der Waals surface area contributed by atoms with Crippen LogP contribution < -0.4 is 10.6 Å². The number of β-amino-alcohol motifs (C(OH)–C–C–N with tert-alkyl or cyclic N) is 1. The molecule has 0 unspecified atom stereocenters. The number of aryl methyl sites for hydroxylation is 1. The Morgan fingerprint density at radius 3 is 2.68 bits per heavy atom. The molecule has 0 spiro atoms. The van der Waals surface area contributed by atoms with Gasteiger partial charge < -0.3 is 15.0 Å². The maximum absolute atomic E-state index is 12.1. The number of nitrogens with zero attached hydrogens (tertiary/aromatic N) is 3. The lowest BCUT2D eigenvalue weighted by Crippen LogP contribution is -2.22. The van der Waals surface area contributed by atoms with Crippen LogP contribution in [0.25, 0.3) is 11.0 Å². The van der Waals surface area contributed by atoms with Gasteiger partial charge in [-0.3, -0.25) is 9.56 Å². The lowest BCUT2D eigenvalue weighted by molar-refractivity contribution is 0.305. The molecule has 1 aromatic heterocycles. The SMILES string of the molecule is Cn1c(=O)[nH]c2ccc(C3=NC(Cc4ccccc4Cl)=CN(CCO)c4ccc(Cl)cc43)cc21. The monoisotopic (exact) mass is 492 g/mol. The number of H-pyrrole nitrogens is 1. The van der Waals surface area contributed by atoms with Crippen molar-refractivity contribution in [1.82, 2.24) is 9.55 Å². The summed E-state index contributed by atoms with van der Waals surface area (Å²) >= 11 is 12.9. The highest BCUT2D eigenvalue weighted by Crippen LogP contribution is 2.33. The van der Waals surface area contributed by atoms with Crippen molar-refractivity contribution in [3.8, 4) is 0 Å². The lowest BCUT2D eigenvalue weighted by Gasteiger charge is -2.22. The molecule has 0 saturated heterocycles. The van der Waals surface area contributed by atoms with Crippen molar-refractivity contribution in [2.75, 3.05) is 18.1 Å². The molecule has 0 saturated carbocycles. The van der Waals surface area contributed by atoms with Crippen molar-refractivity contribution < 1.29 is 5.11 Å². The molecule has 1 aliphatic heterocycles. The van der Waals surface area contributed by atoms with Gasteiger partial charge in [-0.05, 0) is 42.0 Å². The van der Waals surface area contributed by atoms with E-state index in [0.717, 1.165) is 44.8 Å². The Kier molecular flexibility index (Phi) is 6.04. The predicted molar refractivity (Wildman–Crippen MR) is 138 cm³/mol. The fraction of sp³-hybridized carbons (Fsp3) is 0.154. The van der Waals surface area contributed by atoms with Gasteiger partial charge in [0.1, 0.15) is 0 Å². The zero-order valence-electron chi connectivity index (χ0n) is 18.4. The maximum atomic E-state index is 12.1. The number of benzene rings is 3. The second-order valence-electron chi connectivity index (χ2n) is 8.15. The zero-order chi connectivity index (χ0) is 23.8. The van der Waals surface area contributed by atoms with Crippen molar-refractivity contribution in [3.63, 3.8) is 0 Å². The first kappa shape index (κ1) is 22.5. The van der Waals surface area contributed by atoms with Gasteiger partial charge in [-0.1, -0.05) is 47.5 Å². The van der Waals surface area contributed by atoms with E-state index in [1.807, 2.05) is 71.8 Å². The Hall–Kier alpha value is -3.32. The summed E-state index contributed by atoms with van der Waals surface area (Å²) in [5, 5.41) is 11.0. The van der Waals surface area contributed by atoms with Crippen molar-refractivity contribution >= 4 is 45.6 Å². The van der Waals surface area contributed by atoms with Crippen LogP contribution in [0.5, 0.6) is 0 Å². The van der Waals surface area contributed by atoms with Crippen LogP contribution in [0.3, 0.4) is 0 Å². The standard InChI is InChI=1S/C26H22Cl2N4O2/c1-31-24-13-17(6-8-22(24)30-26(31)34)25-20-14-18(27)7-9-23(20)32(10-11-33)15-19(29-25)12-16-4-2-3-5-21(16)28/h2-9,13-15,33H,10-12H2,1H3,(H,30,34). The van der Waals surface area contributed by atoms with Crippen LogP contribution in [-0.2, 0) is 13.5 Å². The Labute approximate surface area is 206 Å². The summed E-state index contributed by atoms with van der Waals surface area (Å²) in [6, 6.07) is 19.1. The molecular formula is C26H22Cl2N4O2. The van der Waals surface area contributed by atoms with Gasteiger partial charge in [0.25, 0.3) is 0 Å². The van der Waals surface area contributed by atoms with Crippen LogP contribution >= 0.6 is 23.2 Å². The quantitative estimate of drug-likeness (QED) is 0.415. The van der Waals surface area contributed by atoms with Crippen molar-refractivity contribution in [2.24, 2.45) is 12.0 Å². The van der Waals surface area contributed by atoms with E-state index in [4.69, 9.17) is 28.2 Å². The first-order valence-electron chi connectivity index (χ1n) is 10.8. The number of halogens is 2. The normalized spacial score (nSPS) is 13.5. The number of aliphatic imine (C=N–C) groups is 1. The van der Waals surface area contributed by atoms with E-state index in [0.29, 0.717) is 23.0 Å². The molecule has 34 heavy (non-hydrogen) atoms. The van der Waals surface area contributed by atoms with Crippen LogP contribution in [0, 0.1) is 0 Å². The number of nitrogens with one attached hydrogen (secondary N) is 1. The molecule has 0 aliphatic carbocycles. The van der Waals surface area contributed by atoms with Crippen molar-refractivity contribution in [3.05, 3.63) is 110 Å². The highest BCUT2D eigenvalue weighted by Gasteiger charge is 2.22. The summed E-state index contributed by atoms with van der Waals surface area (Å²) < 4.78 is 1.58. The van der Waals surface area contributed by atoms with Crippen molar-refractivity contribution in [1.29, 1.82) is 0 Å². The molecule has 0 bridgehead atoms. The van der Waals surface area contributed by atoms with Gasteiger partial charge in [0.15, 0.2) is 0 Å². The van der Waals surface area contributed by atoms with Gasteiger partial charge in [0.2, 0.25) is 0 Å². The van der Waals surface area contributed by atoms with Crippen molar-refractivity contribution in [2.45, 2.75) is 6.42 Å². The molecule has 0 radical (unpaired) electrons. The maximum Gasteiger partial charge on any atom is 0.326 e. The molecule has 3 aromatic carbocycles. The molecule has 2 N–H and O–H groups in total. The minimum absolute atomic E-state index is 0.0231. The number of fused-ring (bicyclic) bond motifs is 2. The summed E-state index contributed by atoms with van der Waals surface area (Å²) in [5.74, 6) is 0.